The number of nitrogens with zero attached hydrogens (tertiary/aromatic N) is 2. The predicted octanol–water partition coefficient (Wildman–Crippen LogP) is 4.03. The van der Waals surface area contributed by atoms with E-state index in [2.05, 4.69) is 50.3 Å². The van der Waals surface area contributed by atoms with E-state index in [4.69, 9.17) is 0 Å². The van der Waals surface area contributed by atoms with Crippen molar-refractivity contribution in [3.8, 4) is 0 Å². The van der Waals surface area contributed by atoms with Crippen LogP contribution in [0.15, 0.2) is 34.9 Å². The maximum Gasteiger partial charge on any atom is 0.148 e. The number of anilines is 1. The Kier molecular flexibility index (Phi) is 3.97. The summed E-state index contributed by atoms with van der Waals surface area (Å²) < 4.78 is 1.08. The minimum Gasteiger partial charge on any atom is -0.362 e. The molecule has 0 amide bonds. The zero-order valence-corrected chi connectivity index (χ0v) is 12.3. The molecule has 0 bridgehead atoms. The SMILES string of the molecule is Cc1cnc(C)c(NC(C)c2cccc(Br)c2)n1. The second-order valence-corrected chi connectivity index (χ2v) is 5.28. The van der Waals surface area contributed by atoms with E-state index in [1.54, 1.807) is 6.20 Å². The average molecular weight is 306 g/mol. The van der Waals surface area contributed by atoms with Gasteiger partial charge in [-0.05, 0) is 38.5 Å². The Bertz CT molecular complexity index is 554. The molecule has 4 heteroatoms. The molecule has 0 spiro atoms. The van der Waals surface area contributed by atoms with Gasteiger partial charge in [0, 0.05) is 10.7 Å². The van der Waals surface area contributed by atoms with Gasteiger partial charge in [0.05, 0.1) is 17.4 Å². The van der Waals surface area contributed by atoms with Gasteiger partial charge in [0.25, 0.3) is 0 Å². The van der Waals surface area contributed by atoms with E-state index in [0.717, 1.165) is 21.7 Å². The zero-order chi connectivity index (χ0) is 13.1. The molecular weight excluding hydrogens is 290 g/mol. The highest BCUT2D eigenvalue weighted by Gasteiger charge is 2.09. The Morgan fingerprint density at radius 1 is 1.28 bits per heavy atom. The molecule has 1 aromatic carbocycles. The van der Waals surface area contributed by atoms with Gasteiger partial charge in [-0.15, -0.1) is 0 Å². The largest absolute Gasteiger partial charge is 0.362 e. The standard InChI is InChI=1S/C14H16BrN3/c1-9-8-16-11(3)14(17-9)18-10(2)12-5-4-6-13(15)7-12/h4-8,10H,1-3H3,(H,17,18). The lowest BCUT2D eigenvalue weighted by Gasteiger charge is -2.16. The van der Waals surface area contributed by atoms with Crippen LogP contribution in [0.25, 0.3) is 0 Å². The number of nitrogens with one attached hydrogen (secondary N) is 1. The Hall–Kier alpha value is -1.42. The van der Waals surface area contributed by atoms with Gasteiger partial charge in [-0.25, -0.2) is 4.98 Å². The van der Waals surface area contributed by atoms with Crippen molar-refractivity contribution in [3.05, 3.63) is 51.9 Å². The van der Waals surface area contributed by atoms with Crippen molar-refractivity contribution in [2.75, 3.05) is 5.32 Å². The molecule has 94 valence electrons. The lowest BCUT2D eigenvalue weighted by molar-refractivity contribution is 0.861. The lowest BCUT2D eigenvalue weighted by Crippen LogP contribution is -2.10. The molecule has 1 atom stereocenters. The van der Waals surface area contributed by atoms with Crippen molar-refractivity contribution in [2.45, 2.75) is 26.8 Å². The van der Waals surface area contributed by atoms with Gasteiger partial charge < -0.3 is 5.32 Å². The summed E-state index contributed by atoms with van der Waals surface area (Å²) in [6, 6.07) is 8.45. The van der Waals surface area contributed by atoms with Crippen molar-refractivity contribution in [1.82, 2.24) is 9.97 Å². The van der Waals surface area contributed by atoms with Crippen LogP contribution >= 0.6 is 15.9 Å². The molecule has 0 radical (unpaired) electrons. The maximum atomic E-state index is 4.48. The first-order chi connectivity index (χ1) is 8.56. The molecule has 1 unspecified atom stereocenters. The molecule has 2 aromatic rings. The highest BCUT2D eigenvalue weighted by atomic mass is 79.9. The average Bonchev–Trinajstić information content (AvgIpc) is 2.34. The summed E-state index contributed by atoms with van der Waals surface area (Å²) in [4.78, 5) is 8.78. The van der Waals surface area contributed by atoms with Gasteiger partial charge in [0.2, 0.25) is 0 Å². The number of rotatable bonds is 3. The molecule has 2 rings (SSSR count). The van der Waals surface area contributed by atoms with Gasteiger partial charge >= 0.3 is 0 Å². The molecular formula is C14H16BrN3. The molecule has 0 fully saturated rings. The summed E-state index contributed by atoms with van der Waals surface area (Å²) in [6.45, 7) is 6.02. The van der Waals surface area contributed by atoms with Crippen molar-refractivity contribution in [1.29, 1.82) is 0 Å². The fourth-order valence-corrected chi connectivity index (χ4v) is 2.16. The van der Waals surface area contributed by atoms with E-state index >= 15 is 0 Å². The van der Waals surface area contributed by atoms with Crippen LogP contribution in [0.1, 0.15) is 29.9 Å². The molecule has 0 aliphatic rings. The van der Waals surface area contributed by atoms with E-state index in [0.29, 0.717) is 0 Å². The first kappa shape index (κ1) is 13.0. The van der Waals surface area contributed by atoms with Crippen molar-refractivity contribution in [2.24, 2.45) is 0 Å². The van der Waals surface area contributed by atoms with Gasteiger partial charge in [0.1, 0.15) is 5.82 Å². The van der Waals surface area contributed by atoms with Crippen LogP contribution in [0.5, 0.6) is 0 Å². The van der Waals surface area contributed by atoms with Crippen LogP contribution in [-0.4, -0.2) is 9.97 Å². The summed E-state index contributed by atoms with van der Waals surface area (Å²) >= 11 is 3.49. The van der Waals surface area contributed by atoms with E-state index in [9.17, 15) is 0 Å². The molecule has 1 heterocycles. The van der Waals surface area contributed by atoms with Crippen LogP contribution in [0.4, 0.5) is 5.82 Å². The highest BCUT2D eigenvalue weighted by molar-refractivity contribution is 9.10. The summed E-state index contributed by atoms with van der Waals surface area (Å²) in [5.74, 6) is 0.850. The number of aromatic nitrogens is 2. The third-order valence-electron chi connectivity index (χ3n) is 2.78. The van der Waals surface area contributed by atoms with E-state index in [-0.39, 0.29) is 6.04 Å². The first-order valence-electron chi connectivity index (χ1n) is 5.88. The van der Waals surface area contributed by atoms with Crippen molar-refractivity contribution >= 4 is 21.7 Å². The minimum absolute atomic E-state index is 0.192. The third-order valence-corrected chi connectivity index (χ3v) is 3.27. The number of hydrogen-bond acceptors (Lipinski definition) is 3. The minimum atomic E-state index is 0.192. The number of hydrogen-bond donors (Lipinski definition) is 1. The molecule has 18 heavy (non-hydrogen) atoms. The molecule has 1 aromatic heterocycles. The normalized spacial score (nSPS) is 12.2. The van der Waals surface area contributed by atoms with Gasteiger partial charge in [-0.1, -0.05) is 28.1 Å². The molecule has 0 saturated heterocycles. The quantitative estimate of drug-likeness (QED) is 0.930. The lowest BCUT2D eigenvalue weighted by atomic mass is 10.1. The van der Waals surface area contributed by atoms with Gasteiger partial charge in [0.15, 0.2) is 0 Å². The maximum absolute atomic E-state index is 4.48. The molecule has 1 N–H and O–H groups in total. The van der Waals surface area contributed by atoms with Crippen molar-refractivity contribution in [3.63, 3.8) is 0 Å². The van der Waals surface area contributed by atoms with E-state index < -0.39 is 0 Å². The molecule has 0 aliphatic carbocycles. The number of halogens is 1. The Morgan fingerprint density at radius 2 is 2.06 bits per heavy atom. The van der Waals surface area contributed by atoms with Crippen LogP contribution in [0, 0.1) is 13.8 Å². The highest BCUT2D eigenvalue weighted by Crippen LogP contribution is 2.22. The van der Waals surface area contributed by atoms with Crippen LogP contribution in [0.3, 0.4) is 0 Å². The van der Waals surface area contributed by atoms with E-state index in [1.165, 1.54) is 5.56 Å². The van der Waals surface area contributed by atoms with E-state index in [1.807, 2.05) is 26.0 Å². The fraction of sp³-hybridized carbons (Fsp3) is 0.286. The third kappa shape index (κ3) is 3.07. The molecule has 0 saturated carbocycles. The predicted molar refractivity (Wildman–Crippen MR) is 77.7 cm³/mol. The number of benzene rings is 1. The van der Waals surface area contributed by atoms with Crippen LogP contribution in [0.2, 0.25) is 0 Å². The second kappa shape index (κ2) is 5.48. The van der Waals surface area contributed by atoms with Gasteiger partial charge in [-0.3, -0.25) is 4.98 Å². The van der Waals surface area contributed by atoms with Gasteiger partial charge in [-0.2, -0.15) is 0 Å². The molecule has 3 nitrogen and oxygen atoms in total. The molecule has 0 aliphatic heterocycles. The first-order valence-corrected chi connectivity index (χ1v) is 6.68. The topological polar surface area (TPSA) is 37.8 Å². The summed E-state index contributed by atoms with van der Waals surface area (Å²) in [7, 11) is 0. The summed E-state index contributed by atoms with van der Waals surface area (Å²) in [6.07, 6.45) is 1.78. The summed E-state index contributed by atoms with van der Waals surface area (Å²) in [5.41, 5.74) is 3.05. The number of aryl methyl sites for hydroxylation is 2. The van der Waals surface area contributed by atoms with Crippen LogP contribution < -0.4 is 5.32 Å². The smallest absolute Gasteiger partial charge is 0.148 e. The Balaban J connectivity index is 2.21. The van der Waals surface area contributed by atoms with Crippen molar-refractivity contribution < 1.29 is 0 Å². The summed E-state index contributed by atoms with van der Waals surface area (Å²) in [5, 5.41) is 3.40. The Labute approximate surface area is 116 Å². The Morgan fingerprint density at radius 3 is 2.78 bits per heavy atom. The zero-order valence-electron chi connectivity index (χ0n) is 10.7. The fourth-order valence-electron chi connectivity index (χ4n) is 1.74. The monoisotopic (exact) mass is 305 g/mol. The second-order valence-electron chi connectivity index (χ2n) is 4.37. The van der Waals surface area contributed by atoms with Crippen LogP contribution in [-0.2, 0) is 0 Å².